The number of likely N-dealkylation sites (tertiary alicyclic amines) is 1. The van der Waals surface area contributed by atoms with Crippen LogP contribution in [-0.2, 0) is 25.5 Å². The molecule has 0 radical (unpaired) electrons. The lowest BCUT2D eigenvalue weighted by Crippen LogP contribution is -2.44. The Morgan fingerprint density at radius 3 is 2.41 bits per heavy atom. The van der Waals surface area contributed by atoms with Gasteiger partial charge in [-0.1, -0.05) is 19.1 Å². The van der Waals surface area contributed by atoms with E-state index in [2.05, 4.69) is 19.1 Å². The second kappa shape index (κ2) is 7.98. The van der Waals surface area contributed by atoms with Crippen molar-refractivity contribution in [1.29, 1.82) is 0 Å². The number of rotatable bonds is 4. The minimum Gasteiger partial charge on any atom is -0.350 e. The average molecular weight is 372 g/mol. The van der Waals surface area contributed by atoms with Gasteiger partial charge in [0.25, 0.3) is 0 Å². The summed E-state index contributed by atoms with van der Waals surface area (Å²) in [6.07, 6.45) is 2.99. The van der Waals surface area contributed by atoms with Crippen molar-refractivity contribution in [2.45, 2.75) is 38.9 Å². The zero-order valence-corrected chi connectivity index (χ0v) is 15.9. The molecule has 0 bridgehead atoms. The second-order valence-electron chi connectivity index (χ2n) is 7.70. The maximum absolute atomic E-state index is 12.9. The van der Waals surface area contributed by atoms with E-state index < -0.39 is 0 Å². The number of carbonyl (C=O) groups excluding carboxylic acids is 2. The number of piperidine rings is 1. The molecular weight excluding hydrogens is 344 g/mol. The van der Waals surface area contributed by atoms with Crippen molar-refractivity contribution in [2.75, 3.05) is 37.7 Å². The van der Waals surface area contributed by atoms with Gasteiger partial charge >= 0.3 is 0 Å². The average Bonchev–Trinajstić information content (AvgIpc) is 3.38. The maximum atomic E-state index is 12.9. The Balaban J connectivity index is 1.33. The molecule has 0 spiro atoms. The molecule has 146 valence electrons. The molecule has 3 aliphatic rings. The number of ether oxygens (including phenoxy) is 2. The molecule has 3 fully saturated rings. The van der Waals surface area contributed by atoms with Crippen LogP contribution in [0.15, 0.2) is 24.3 Å². The molecule has 1 aromatic carbocycles. The van der Waals surface area contributed by atoms with Crippen LogP contribution in [0.5, 0.6) is 0 Å². The summed E-state index contributed by atoms with van der Waals surface area (Å²) in [5, 5.41) is 0. The highest BCUT2D eigenvalue weighted by atomic mass is 16.7. The highest BCUT2D eigenvalue weighted by Gasteiger charge is 2.39. The lowest BCUT2D eigenvalue weighted by Gasteiger charge is -2.35. The molecule has 2 amide bonds. The third-order valence-corrected chi connectivity index (χ3v) is 6.01. The van der Waals surface area contributed by atoms with Gasteiger partial charge in [0.2, 0.25) is 11.8 Å². The smallest absolute Gasteiger partial charge is 0.228 e. The number of hydrogen-bond donors (Lipinski definition) is 0. The highest BCUT2D eigenvalue weighted by Crippen LogP contribution is 2.30. The quantitative estimate of drug-likeness (QED) is 0.813. The summed E-state index contributed by atoms with van der Waals surface area (Å²) in [6.45, 7) is 5.38. The van der Waals surface area contributed by atoms with Crippen LogP contribution in [0, 0.1) is 11.8 Å². The van der Waals surface area contributed by atoms with Crippen molar-refractivity contribution >= 4 is 17.5 Å². The number of nitrogens with zero attached hydrogens (tertiary/aromatic N) is 2. The molecule has 1 unspecified atom stereocenters. The monoisotopic (exact) mass is 372 g/mol. The molecule has 4 rings (SSSR count). The van der Waals surface area contributed by atoms with Gasteiger partial charge in [-0.05, 0) is 37.0 Å². The van der Waals surface area contributed by atoms with E-state index in [-0.39, 0.29) is 24.0 Å². The number of amides is 2. The molecule has 0 aliphatic carbocycles. The highest BCUT2D eigenvalue weighted by molar-refractivity contribution is 6.00. The summed E-state index contributed by atoms with van der Waals surface area (Å²) in [5.41, 5.74) is 2.14. The Morgan fingerprint density at radius 2 is 1.78 bits per heavy atom. The number of benzene rings is 1. The van der Waals surface area contributed by atoms with Gasteiger partial charge in [0, 0.05) is 37.7 Å². The van der Waals surface area contributed by atoms with E-state index in [1.54, 1.807) is 4.90 Å². The first-order valence-electron chi connectivity index (χ1n) is 10.1. The number of anilines is 1. The Kier molecular flexibility index (Phi) is 5.45. The lowest BCUT2D eigenvalue weighted by molar-refractivity contribution is -0.140. The van der Waals surface area contributed by atoms with Crippen LogP contribution in [0.3, 0.4) is 0 Å². The van der Waals surface area contributed by atoms with Gasteiger partial charge in [-0.2, -0.15) is 0 Å². The minimum atomic E-state index is -0.237. The van der Waals surface area contributed by atoms with Gasteiger partial charge in [0.15, 0.2) is 6.29 Å². The predicted octanol–water partition coefficient (Wildman–Crippen LogP) is 2.21. The molecule has 3 saturated heterocycles. The fourth-order valence-corrected chi connectivity index (χ4v) is 4.33. The summed E-state index contributed by atoms with van der Waals surface area (Å²) in [7, 11) is 0. The molecule has 27 heavy (non-hydrogen) atoms. The normalized spacial score (nSPS) is 24.8. The molecule has 3 heterocycles. The zero-order valence-electron chi connectivity index (χ0n) is 15.9. The Hall–Kier alpha value is -1.92. The van der Waals surface area contributed by atoms with E-state index in [9.17, 15) is 9.59 Å². The van der Waals surface area contributed by atoms with Gasteiger partial charge in [-0.25, -0.2) is 0 Å². The largest absolute Gasteiger partial charge is 0.350 e. The fourth-order valence-electron chi connectivity index (χ4n) is 4.33. The minimum absolute atomic E-state index is 0.0419. The van der Waals surface area contributed by atoms with Crippen LogP contribution in [0.4, 0.5) is 5.69 Å². The molecule has 3 aliphatic heterocycles. The summed E-state index contributed by atoms with van der Waals surface area (Å²) in [4.78, 5) is 29.1. The van der Waals surface area contributed by atoms with Crippen LogP contribution >= 0.6 is 0 Å². The van der Waals surface area contributed by atoms with Gasteiger partial charge < -0.3 is 19.3 Å². The van der Waals surface area contributed by atoms with Gasteiger partial charge in [0.1, 0.15) is 0 Å². The van der Waals surface area contributed by atoms with Crippen molar-refractivity contribution < 1.29 is 19.1 Å². The maximum Gasteiger partial charge on any atom is 0.228 e. The number of hydrogen-bond acceptors (Lipinski definition) is 4. The first-order valence-corrected chi connectivity index (χ1v) is 10.1. The van der Waals surface area contributed by atoms with Crippen LogP contribution in [0.25, 0.3) is 0 Å². The molecule has 1 atom stereocenters. The SMILES string of the molecule is CCc1ccc(N2CC(C(=O)N3CCC(C4OCCO4)CC3)CC2=O)cc1. The van der Waals surface area contributed by atoms with E-state index in [1.807, 2.05) is 17.0 Å². The second-order valence-corrected chi connectivity index (χ2v) is 7.70. The van der Waals surface area contributed by atoms with E-state index in [1.165, 1.54) is 5.56 Å². The Bertz CT molecular complexity index is 676. The Labute approximate surface area is 160 Å². The molecule has 0 aromatic heterocycles. The summed E-state index contributed by atoms with van der Waals surface area (Å²) in [5.74, 6) is 0.289. The molecule has 0 N–H and O–H groups in total. The summed E-state index contributed by atoms with van der Waals surface area (Å²) < 4.78 is 11.2. The van der Waals surface area contributed by atoms with Crippen molar-refractivity contribution in [3.05, 3.63) is 29.8 Å². The molecule has 6 nitrogen and oxygen atoms in total. The molecule has 1 aromatic rings. The van der Waals surface area contributed by atoms with Crippen molar-refractivity contribution in [1.82, 2.24) is 4.90 Å². The lowest BCUT2D eigenvalue weighted by atomic mass is 9.95. The molecule has 0 saturated carbocycles. The predicted molar refractivity (Wildman–Crippen MR) is 101 cm³/mol. The summed E-state index contributed by atoms with van der Waals surface area (Å²) >= 11 is 0. The molecular formula is C21H28N2O4. The van der Waals surface area contributed by atoms with Gasteiger partial charge in [0.05, 0.1) is 19.1 Å². The number of carbonyl (C=O) groups is 2. The first-order chi connectivity index (χ1) is 13.2. The standard InChI is InChI=1S/C21H28N2O4/c1-2-15-3-5-18(6-4-15)23-14-17(13-19(23)24)20(25)22-9-7-16(8-10-22)21-26-11-12-27-21/h3-6,16-17,21H,2,7-14H2,1H3. The topological polar surface area (TPSA) is 59.1 Å². The van der Waals surface area contributed by atoms with Crippen LogP contribution in [-0.4, -0.2) is 55.9 Å². The fraction of sp³-hybridized carbons (Fsp3) is 0.619. The van der Waals surface area contributed by atoms with Gasteiger partial charge in [-0.15, -0.1) is 0 Å². The van der Waals surface area contributed by atoms with Gasteiger partial charge in [-0.3, -0.25) is 9.59 Å². The Morgan fingerprint density at radius 1 is 1.11 bits per heavy atom. The summed E-state index contributed by atoms with van der Waals surface area (Å²) in [6, 6.07) is 8.07. The van der Waals surface area contributed by atoms with Crippen molar-refractivity contribution in [3.8, 4) is 0 Å². The van der Waals surface area contributed by atoms with Crippen molar-refractivity contribution in [2.24, 2.45) is 11.8 Å². The third-order valence-electron chi connectivity index (χ3n) is 6.01. The first kappa shape index (κ1) is 18.4. The van der Waals surface area contributed by atoms with E-state index in [4.69, 9.17) is 9.47 Å². The van der Waals surface area contributed by atoms with E-state index >= 15 is 0 Å². The third kappa shape index (κ3) is 3.87. The van der Waals surface area contributed by atoms with E-state index in [0.717, 1.165) is 38.0 Å². The van der Waals surface area contributed by atoms with Crippen LogP contribution in [0.2, 0.25) is 0 Å². The number of aryl methyl sites for hydroxylation is 1. The molecule has 6 heteroatoms. The van der Waals surface area contributed by atoms with Crippen LogP contribution in [0.1, 0.15) is 31.7 Å². The van der Waals surface area contributed by atoms with Crippen LogP contribution < -0.4 is 4.90 Å². The van der Waals surface area contributed by atoms with Crippen molar-refractivity contribution in [3.63, 3.8) is 0 Å². The van der Waals surface area contributed by atoms with E-state index in [0.29, 0.717) is 32.1 Å². The zero-order chi connectivity index (χ0) is 18.8.